The largest absolute Gasteiger partial charge is 0.466 e. The highest BCUT2D eigenvalue weighted by molar-refractivity contribution is 7.91. The number of ether oxygens (including phenoxy) is 1. The molecule has 0 bridgehead atoms. The number of methoxy groups -OCH3 is 1. The summed E-state index contributed by atoms with van der Waals surface area (Å²) in [5, 5.41) is 3.01. The molecular formula is C23H24F3N5O5S2. The van der Waals surface area contributed by atoms with Gasteiger partial charge in [-0.3, -0.25) is 9.69 Å². The van der Waals surface area contributed by atoms with E-state index in [0.29, 0.717) is 10.6 Å². The topological polar surface area (TPSA) is 144 Å². The minimum atomic E-state index is -4.14. The lowest BCUT2D eigenvalue weighted by molar-refractivity contribution is -0.137. The second-order valence-electron chi connectivity index (χ2n) is 9.10. The number of nitrogens with two attached hydrogens (primary N) is 1. The van der Waals surface area contributed by atoms with Crippen LogP contribution < -0.4 is 11.1 Å². The van der Waals surface area contributed by atoms with Crippen molar-refractivity contribution in [1.29, 1.82) is 0 Å². The number of amidine groups is 1. The summed E-state index contributed by atoms with van der Waals surface area (Å²) in [7, 11) is -3.07. The predicted molar refractivity (Wildman–Crippen MR) is 132 cm³/mol. The summed E-state index contributed by atoms with van der Waals surface area (Å²) in [6.45, 7) is 0.376. The van der Waals surface area contributed by atoms with Gasteiger partial charge in [-0.15, -0.1) is 11.3 Å². The summed E-state index contributed by atoms with van der Waals surface area (Å²) in [6, 6.07) is 3.19. The Morgan fingerprint density at radius 1 is 1.29 bits per heavy atom. The lowest BCUT2D eigenvalue weighted by Gasteiger charge is -2.39. The van der Waals surface area contributed by atoms with Gasteiger partial charge in [0, 0.05) is 24.3 Å². The maximum Gasteiger partial charge on any atom is 0.338 e. The minimum Gasteiger partial charge on any atom is -0.466 e. The number of sulfone groups is 1. The fourth-order valence-electron chi connectivity index (χ4n) is 4.73. The van der Waals surface area contributed by atoms with E-state index in [1.165, 1.54) is 25.3 Å². The monoisotopic (exact) mass is 571 g/mol. The fraction of sp³-hybridized carbons (Fsp3) is 0.391. The lowest BCUT2D eigenvalue weighted by atomic mass is 9.80. The summed E-state index contributed by atoms with van der Waals surface area (Å²) in [6.07, 6.45) is 1.18. The molecule has 2 unspecified atom stereocenters. The third kappa shape index (κ3) is 5.05. The van der Waals surface area contributed by atoms with Gasteiger partial charge in [0.05, 0.1) is 24.9 Å². The molecule has 0 saturated carbocycles. The molecule has 4 rings (SSSR count). The smallest absolute Gasteiger partial charge is 0.338 e. The molecule has 15 heteroatoms. The number of aliphatic imine (C=N–C) groups is 1. The Kier molecular flexibility index (Phi) is 7.14. The van der Waals surface area contributed by atoms with Crippen molar-refractivity contribution >= 4 is 38.9 Å². The SMILES string of the molecule is COC(=O)C1=C([C@@H](C(N)=O)N2CC(F)(F)CC2S(C)(=O)=O)NC(c2nccs2)=NC1(C)c1ccc(F)cc1. The van der Waals surface area contributed by atoms with Crippen LogP contribution in [0.1, 0.15) is 23.9 Å². The van der Waals surface area contributed by atoms with Crippen molar-refractivity contribution in [3.63, 3.8) is 0 Å². The quantitative estimate of drug-likeness (QED) is 0.477. The maximum absolute atomic E-state index is 14.6. The van der Waals surface area contributed by atoms with Gasteiger partial charge in [0.25, 0.3) is 5.92 Å². The Balaban J connectivity index is 2.02. The van der Waals surface area contributed by atoms with Crippen LogP contribution in [-0.4, -0.2) is 73.3 Å². The Morgan fingerprint density at radius 2 is 1.95 bits per heavy atom. The van der Waals surface area contributed by atoms with Crippen LogP contribution >= 0.6 is 11.3 Å². The number of nitrogens with zero attached hydrogens (tertiary/aromatic N) is 3. The molecule has 0 radical (unpaired) electrons. The first kappa shape index (κ1) is 27.7. The van der Waals surface area contributed by atoms with Crippen LogP contribution in [0.5, 0.6) is 0 Å². The average molecular weight is 572 g/mol. The van der Waals surface area contributed by atoms with Gasteiger partial charge in [-0.1, -0.05) is 12.1 Å². The molecule has 3 N–H and O–H groups in total. The zero-order valence-electron chi connectivity index (χ0n) is 20.4. The number of thiazole rings is 1. The number of alkyl halides is 2. The van der Waals surface area contributed by atoms with E-state index >= 15 is 0 Å². The Morgan fingerprint density at radius 3 is 2.47 bits per heavy atom. The summed E-state index contributed by atoms with van der Waals surface area (Å²) in [5.74, 6) is -6.15. The number of hydrogen-bond donors (Lipinski definition) is 2. The molecule has 2 aliphatic heterocycles. The molecule has 1 fully saturated rings. The molecule has 204 valence electrons. The molecule has 0 spiro atoms. The van der Waals surface area contributed by atoms with Crippen LogP contribution in [0.4, 0.5) is 13.2 Å². The van der Waals surface area contributed by atoms with Crippen LogP contribution in [0.3, 0.4) is 0 Å². The van der Waals surface area contributed by atoms with Crippen molar-refractivity contribution in [2.75, 3.05) is 19.9 Å². The zero-order chi connectivity index (χ0) is 28.0. The van der Waals surface area contributed by atoms with Gasteiger partial charge in [-0.25, -0.2) is 36.4 Å². The molecule has 2 aromatic rings. The van der Waals surface area contributed by atoms with E-state index in [1.807, 2.05) is 0 Å². The Bertz CT molecular complexity index is 1430. The third-order valence-electron chi connectivity index (χ3n) is 6.40. The van der Waals surface area contributed by atoms with E-state index in [-0.39, 0.29) is 17.1 Å². The van der Waals surface area contributed by atoms with Crippen LogP contribution in [0, 0.1) is 5.82 Å². The third-order valence-corrected chi connectivity index (χ3v) is 8.61. The number of likely N-dealkylation sites (tertiary alicyclic amines) is 1. The number of benzene rings is 1. The Labute approximate surface area is 220 Å². The number of hydrogen-bond acceptors (Lipinski definition) is 10. The minimum absolute atomic E-state index is 0.0580. The van der Waals surface area contributed by atoms with E-state index in [4.69, 9.17) is 10.5 Å². The van der Waals surface area contributed by atoms with Crippen LogP contribution in [-0.2, 0) is 29.7 Å². The van der Waals surface area contributed by atoms with Crippen molar-refractivity contribution in [2.45, 2.75) is 36.2 Å². The van der Waals surface area contributed by atoms with E-state index in [0.717, 1.165) is 41.7 Å². The van der Waals surface area contributed by atoms with E-state index in [9.17, 15) is 31.2 Å². The van der Waals surface area contributed by atoms with Crippen molar-refractivity contribution in [3.8, 4) is 0 Å². The number of amides is 1. The predicted octanol–water partition coefficient (Wildman–Crippen LogP) is 1.54. The number of carbonyl (C=O) groups excluding carboxylic acids is 2. The molecule has 38 heavy (non-hydrogen) atoms. The molecule has 1 saturated heterocycles. The first-order valence-electron chi connectivity index (χ1n) is 11.2. The highest BCUT2D eigenvalue weighted by atomic mass is 32.2. The normalized spacial score (nSPS) is 24.5. The number of esters is 1. The van der Waals surface area contributed by atoms with Crippen molar-refractivity contribution in [2.24, 2.45) is 10.7 Å². The molecule has 3 heterocycles. The first-order valence-corrected chi connectivity index (χ1v) is 14.0. The first-order chi connectivity index (χ1) is 17.7. The van der Waals surface area contributed by atoms with Gasteiger partial charge < -0.3 is 15.8 Å². The number of primary amides is 1. The number of carbonyl (C=O) groups is 2. The molecule has 0 aliphatic carbocycles. The van der Waals surface area contributed by atoms with Crippen molar-refractivity contribution < 1.29 is 35.9 Å². The van der Waals surface area contributed by atoms with Gasteiger partial charge in [-0.05, 0) is 24.6 Å². The molecular weight excluding hydrogens is 547 g/mol. The summed E-state index contributed by atoms with van der Waals surface area (Å²) in [5.41, 5.74) is 3.76. The number of aromatic nitrogens is 1. The van der Waals surface area contributed by atoms with Gasteiger partial charge in [-0.2, -0.15) is 0 Å². The second kappa shape index (κ2) is 9.78. The summed E-state index contributed by atoms with van der Waals surface area (Å²) in [4.78, 5) is 35.8. The Hall–Kier alpha value is -3.30. The molecule has 10 nitrogen and oxygen atoms in total. The van der Waals surface area contributed by atoms with E-state index < -0.39 is 63.4 Å². The number of halogens is 3. The van der Waals surface area contributed by atoms with Crippen LogP contribution in [0.2, 0.25) is 0 Å². The number of nitrogens with one attached hydrogen (secondary N) is 1. The molecule has 1 aromatic carbocycles. The lowest BCUT2D eigenvalue weighted by Crippen LogP contribution is -2.56. The van der Waals surface area contributed by atoms with Gasteiger partial charge >= 0.3 is 5.97 Å². The second-order valence-corrected chi connectivity index (χ2v) is 12.2. The highest BCUT2D eigenvalue weighted by Gasteiger charge is 2.55. The van der Waals surface area contributed by atoms with Gasteiger partial charge in [0.15, 0.2) is 20.7 Å². The highest BCUT2D eigenvalue weighted by Crippen LogP contribution is 2.43. The molecule has 2 aliphatic rings. The fourth-order valence-corrected chi connectivity index (χ4v) is 6.55. The van der Waals surface area contributed by atoms with E-state index in [1.54, 1.807) is 5.38 Å². The van der Waals surface area contributed by atoms with Gasteiger partial charge in [0.2, 0.25) is 5.91 Å². The van der Waals surface area contributed by atoms with Crippen LogP contribution in [0.15, 0.2) is 52.1 Å². The average Bonchev–Trinajstić information content (AvgIpc) is 3.46. The number of rotatable bonds is 7. The van der Waals surface area contributed by atoms with E-state index in [2.05, 4.69) is 15.3 Å². The van der Waals surface area contributed by atoms with Crippen molar-refractivity contribution in [3.05, 3.63) is 63.5 Å². The molecule has 3 atom stereocenters. The summed E-state index contributed by atoms with van der Waals surface area (Å²) >= 11 is 1.15. The van der Waals surface area contributed by atoms with Crippen LogP contribution in [0.25, 0.3) is 0 Å². The standard InChI is InChI=1S/C23H24F3N5O5S2/c1-22(12-4-6-13(24)7-5-12)15(21(33)36-2)16(29-19(30-22)20-28-8-9-37-20)17(18(27)32)31-11-23(25,26)10-14(31)38(3,34)35/h4-9,14,17H,10-11H2,1-3H3,(H2,27,32)(H,29,30)/t14?,17-,22?/m0/s1. The maximum atomic E-state index is 14.6. The zero-order valence-corrected chi connectivity index (χ0v) is 22.1. The molecule has 1 amide bonds. The summed E-state index contributed by atoms with van der Waals surface area (Å²) < 4.78 is 73.0. The van der Waals surface area contributed by atoms with Crippen molar-refractivity contribution in [1.82, 2.24) is 15.2 Å². The van der Waals surface area contributed by atoms with Gasteiger partial charge in [0.1, 0.15) is 22.8 Å². The molecule has 1 aromatic heterocycles.